The summed E-state index contributed by atoms with van der Waals surface area (Å²) in [6, 6.07) is 5.85. The number of hydrogen-bond donors (Lipinski definition) is 2. The number of nitrogens with one attached hydrogen (secondary N) is 1. The van der Waals surface area contributed by atoms with E-state index in [1.807, 2.05) is 0 Å². The topological polar surface area (TPSA) is 41.5 Å². The summed E-state index contributed by atoms with van der Waals surface area (Å²) in [7, 11) is 0. The molecule has 0 saturated heterocycles. The maximum absolute atomic E-state index is 12.1. The summed E-state index contributed by atoms with van der Waals surface area (Å²) in [4.78, 5) is 0. The van der Waals surface area contributed by atoms with Crippen LogP contribution >= 0.6 is 0 Å². The van der Waals surface area contributed by atoms with E-state index >= 15 is 0 Å². The van der Waals surface area contributed by atoms with Crippen LogP contribution in [0.4, 0.5) is 13.2 Å². The number of aliphatic hydroxyl groups is 1. The Kier molecular flexibility index (Phi) is 4.55. The van der Waals surface area contributed by atoms with Gasteiger partial charge in [0, 0.05) is 13.1 Å². The molecule has 1 fully saturated rings. The number of rotatable bonds is 5. The molecule has 6 heteroatoms. The molecule has 0 radical (unpaired) electrons. The van der Waals surface area contributed by atoms with Crippen molar-refractivity contribution in [2.75, 3.05) is 6.54 Å². The third-order valence-electron chi connectivity index (χ3n) is 3.45. The molecule has 0 unspecified atom stereocenters. The van der Waals surface area contributed by atoms with Crippen molar-refractivity contribution >= 4 is 0 Å². The second-order valence-corrected chi connectivity index (χ2v) is 5.23. The van der Waals surface area contributed by atoms with Crippen molar-refractivity contribution in [1.82, 2.24) is 5.32 Å². The normalized spacial score (nSPS) is 18.2. The second-order valence-electron chi connectivity index (χ2n) is 5.23. The van der Waals surface area contributed by atoms with Gasteiger partial charge in [0.05, 0.1) is 5.60 Å². The first-order valence-electron chi connectivity index (χ1n) is 6.64. The summed E-state index contributed by atoms with van der Waals surface area (Å²) in [5.41, 5.74) is 0.0217. The molecule has 0 bridgehead atoms. The fourth-order valence-corrected chi connectivity index (χ4v) is 2.50. The Morgan fingerprint density at radius 2 is 1.95 bits per heavy atom. The molecule has 1 aliphatic rings. The van der Waals surface area contributed by atoms with E-state index in [-0.39, 0.29) is 5.75 Å². The molecule has 0 amide bonds. The number of ether oxygens (including phenoxy) is 1. The predicted octanol–water partition coefficient (Wildman–Crippen LogP) is 2.98. The number of halogens is 3. The molecule has 1 aromatic carbocycles. The molecule has 3 nitrogen and oxygen atoms in total. The molecule has 1 aromatic rings. The van der Waals surface area contributed by atoms with E-state index in [0.29, 0.717) is 18.7 Å². The molecule has 1 aliphatic carbocycles. The van der Waals surface area contributed by atoms with Crippen LogP contribution in [-0.2, 0) is 6.54 Å². The van der Waals surface area contributed by atoms with Gasteiger partial charge in [0.2, 0.25) is 0 Å². The summed E-state index contributed by atoms with van der Waals surface area (Å²) in [5, 5.41) is 13.2. The maximum Gasteiger partial charge on any atom is 0.573 e. The molecule has 0 aromatic heterocycles. The second kappa shape index (κ2) is 6.01. The van der Waals surface area contributed by atoms with Crippen LogP contribution in [0.1, 0.15) is 31.2 Å². The number of alkyl halides is 3. The Bertz CT molecular complexity index is 442. The first-order chi connectivity index (χ1) is 9.36. The van der Waals surface area contributed by atoms with Crippen molar-refractivity contribution < 1.29 is 23.0 Å². The van der Waals surface area contributed by atoms with Crippen LogP contribution in [0.3, 0.4) is 0 Å². The average Bonchev–Trinajstić information content (AvgIpc) is 2.74. The minimum absolute atomic E-state index is 0.226. The Labute approximate surface area is 115 Å². The summed E-state index contributed by atoms with van der Waals surface area (Å²) in [5.74, 6) is -0.226. The van der Waals surface area contributed by atoms with Gasteiger partial charge in [0.1, 0.15) is 5.75 Å². The van der Waals surface area contributed by atoms with Crippen molar-refractivity contribution in [3.63, 3.8) is 0 Å². The van der Waals surface area contributed by atoms with Gasteiger partial charge in [-0.2, -0.15) is 0 Å². The standard InChI is InChI=1S/C14H18F3NO2/c15-14(16,17)20-12-5-3-4-11(8-12)9-18-10-13(19)6-1-2-7-13/h3-5,8,18-19H,1-2,6-7,9-10H2. The van der Waals surface area contributed by atoms with Crippen LogP contribution in [0.25, 0.3) is 0 Å². The summed E-state index contributed by atoms with van der Waals surface area (Å²) in [6.45, 7) is 0.856. The largest absolute Gasteiger partial charge is 0.573 e. The lowest BCUT2D eigenvalue weighted by Gasteiger charge is -2.22. The van der Waals surface area contributed by atoms with Gasteiger partial charge in [0.25, 0.3) is 0 Å². The third-order valence-corrected chi connectivity index (χ3v) is 3.45. The molecule has 2 N–H and O–H groups in total. The van der Waals surface area contributed by atoms with E-state index in [4.69, 9.17) is 0 Å². The van der Waals surface area contributed by atoms with Crippen LogP contribution in [0.2, 0.25) is 0 Å². The first kappa shape index (κ1) is 15.1. The van der Waals surface area contributed by atoms with E-state index < -0.39 is 12.0 Å². The zero-order valence-electron chi connectivity index (χ0n) is 11.0. The van der Waals surface area contributed by atoms with Crippen LogP contribution in [-0.4, -0.2) is 23.6 Å². The molecular weight excluding hydrogens is 271 g/mol. The highest BCUT2D eigenvalue weighted by molar-refractivity contribution is 5.28. The van der Waals surface area contributed by atoms with Crippen LogP contribution in [0.5, 0.6) is 5.75 Å². The summed E-state index contributed by atoms with van der Waals surface area (Å²) in [6.07, 6.45) is -1.08. The van der Waals surface area contributed by atoms with E-state index in [0.717, 1.165) is 25.7 Å². The van der Waals surface area contributed by atoms with Gasteiger partial charge in [-0.15, -0.1) is 13.2 Å². The highest BCUT2D eigenvalue weighted by Gasteiger charge is 2.31. The van der Waals surface area contributed by atoms with E-state index in [1.165, 1.54) is 18.2 Å². The van der Waals surface area contributed by atoms with Gasteiger partial charge in [-0.1, -0.05) is 25.0 Å². The molecule has 0 heterocycles. The Hall–Kier alpha value is -1.27. The fraction of sp³-hybridized carbons (Fsp3) is 0.571. The van der Waals surface area contributed by atoms with Crippen LogP contribution < -0.4 is 10.1 Å². The number of hydrogen-bond acceptors (Lipinski definition) is 3. The minimum atomic E-state index is -4.68. The summed E-state index contributed by atoms with van der Waals surface area (Å²) >= 11 is 0. The molecule has 0 spiro atoms. The maximum atomic E-state index is 12.1. The zero-order valence-corrected chi connectivity index (χ0v) is 11.0. The quantitative estimate of drug-likeness (QED) is 0.875. The first-order valence-corrected chi connectivity index (χ1v) is 6.64. The smallest absolute Gasteiger partial charge is 0.406 e. The van der Waals surface area contributed by atoms with E-state index in [1.54, 1.807) is 6.07 Å². The summed E-state index contributed by atoms with van der Waals surface area (Å²) < 4.78 is 40.2. The Morgan fingerprint density at radius 3 is 2.60 bits per heavy atom. The SMILES string of the molecule is OC1(CNCc2cccc(OC(F)(F)F)c2)CCCC1. The Morgan fingerprint density at radius 1 is 1.25 bits per heavy atom. The lowest BCUT2D eigenvalue weighted by molar-refractivity contribution is -0.274. The molecule has 0 aliphatic heterocycles. The van der Waals surface area contributed by atoms with E-state index in [9.17, 15) is 18.3 Å². The van der Waals surface area contributed by atoms with Crippen molar-refractivity contribution in [2.24, 2.45) is 0 Å². The van der Waals surface area contributed by atoms with Crippen molar-refractivity contribution in [2.45, 2.75) is 44.2 Å². The van der Waals surface area contributed by atoms with Gasteiger partial charge in [-0.25, -0.2) is 0 Å². The predicted molar refractivity (Wildman–Crippen MR) is 68.2 cm³/mol. The number of benzene rings is 1. The van der Waals surface area contributed by atoms with Crippen LogP contribution in [0, 0.1) is 0 Å². The lowest BCUT2D eigenvalue weighted by atomic mass is 10.0. The third kappa shape index (κ3) is 4.68. The van der Waals surface area contributed by atoms with Crippen molar-refractivity contribution in [1.29, 1.82) is 0 Å². The highest BCUT2D eigenvalue weighted by Crippen LogP contribution is 2.28. The molecule has 112 valence electrons. The molecule has 1 saturated carbocycles. The van der Waals surface area contributed by atoms with Gasteiger partial charge in [0.15, 0.2) is 0 Å². The molecule has 0 atom stereocenters. The lowest BCUT2D eigenvalue weighted by Crippen LogP contribution is -2.37. The van der Waals surface area contributed by atoms with E-state index in [2.05, 4.69) is 10.1 Å². The monoisotopic (exact) mass is 289 g/mol. The molecular formula is C14H18F3NO2. The van der Waals surface area contributed by atoms with Gasteiger partial charge < -0.3 is 15.2 Å². The zero-order chi connectivity index (χ0) is 14.6. The minimum Gasteiger partial charge on any atom is -0.406 e. The fourth-order valence-electron chi connectivity index (χ4n) is 2.50. The van der Waals surface area contributed by atoms with Crippen LogP contribution in [0.15, 0.2) is 24.3 Å². The van der Waals surface area contributed by atoms with Crippen molar-refractivity contribution in [3.05, 3.63) is 29.8 Å². The highest BCUT2D eigenvalue weighted by atomic mass is 19.4. The van der Waals surface area contributed by atoms with Crippen molar-refractivity contribution in [3.8, 4) is 5.75 Å². The Balaban J connectivity index is 1.85. The van der Waals surface area contributed by atoms with Gasteiger partial charge in [-0.05, 0) is 30.5 Å². The molecule has 20 heavy (non-hydrogen) atoms. The van der Waals surface area contributed by atoms with Gasteiger partial charge >= 0.3 is 6.36 Å². The average molecular weight is 289 g/mol. The molecule has 2 rings (SSSR count). The van der Waals surface area contributed by atoms with Gasteiger partial charge in [-0.3, -0.25) is 0 Å².